The van der Waals surface area contributed by atoms with Crippen LogP contribution in [0.3, 0.4) is 0 Å². The number of hydrogen-bond acceptors (Lipinski definition) is 2. The lowest BCUT2D eigenvalue weighted by Gasteiger charge is -2.05. The molecule has 1 atom stereocenters. The summed E-state index contributed by atoms with van der Waals surface area (Å²) in [5, 5.41) is 0. The summed E-state index contributed by atoms with van der Waals surface area (Å²) in [5.41, 5.74) is 7.36. The first-order valence-electron chi connectivity index (χ1n) is 3.75. The van der Waals surface area contributed by atoms with Crippen molar-refractivity contribution in [3.8, 4) is 0 Å². The minimum absolute atomic E-state index is 0.190. The van der Waals surface area contributed by atoms with Crippen molar-refractivity contribution in [1.29, 1.82) is 0 Å². The van der Waals surface area contributed by atoms with Gasteiger partial charge in [0, 0.05) is 0 Å². The Hall–Kier alpha value is -1.41. The fraction of sp³-hybridized carbons (Fsp3) is 0.100. The molecule has 2 heteroatoms. The Morgan fingerprint density at radius 3 is 2.75 bits per heavy atom. The lowest BCUT2D eigenvalue weighted by molar-refractivity contribution is 0.862. The van der Waals surface area contributed by atoms with Gasteiger partial charge >= 0.3 is 0 Å². The molecule has 0 saturated carbocycles. The van der Waals surface area contributed by atoms with Crippen LogP contribution in [0, 0.1) is 0 Å². The molecule has 0 aliphatic carbocycles. The Morgan fingerprint density at radius 2 is 2.17 bits per heavy atom. The summed E-state index contributed by atoms with van der Waals surface area (Å²) in [6.45, 7) is 7.23. The van der Waals surface area contributed by atoms with E-state index in [9.17, 15) is 0 Å². The third kappa shape index (κ3) is 1.80. The van der Waals surface area contributed by atoms with Crippen LogP contribution in [0.15, 0.2) is 37.4 Å². The van der Waals surface area contributed by atoms with E-state index in [-0.39, 0.29) is 6.04 Å². The molecule has 1 rings (SSSR count). The van der Waals surface area contributed by atoms with E-state index in [2.05, 4.69) is 18.1 Å². The van der Waals surface area contributed by atoms with Crippen LogP contribution in [-0.2, 0) is 0 Å². The number of hydrogen-bond donors (Lipinski definition) is 1. The van der Waals surface area contributed by atoms with Crippen LogP contribution in [0.25, 0.3) is 6.08 Å². The largest absolute Gasteiger partial charge is 0.319 e. The van der Waals surface area contributed by atoms with Gasteiger partial charge in [0.25, 0.3) is 0 Å². The van der Waals surface area contributed by atoms with Gasteiger partial charge in [0.1, 0.15) is 0 Å². The second-order valence-electron chi connectivity index (χ2n) is 2.45. The van der Waals surface area contributed by atoms with Crippen molar-refractivity contribution in [2.45, 2.75) is 6.04 Å². The van der Waals surface area contributed by atoms with Crippen molar-refractivity contribution in [3.05, 3.63) is 48.8 Å². The predicted molar refractivity (Wildman–Crippen MR) is 51.5 cm³/mol. The SMILES string of the molecule is C=Cc1cccc([C@@H](N)C=C)n1. The lowest BCUT2D eigenvalue weighted by atomic mass is 10.2. The van der Waals surface area contributed by atoms with Gasteiger partial charge < -0.3 is 5.73 Å². The normalized spacial score (nSPS) is 12.1. The Kier molecular flexibility index (Phi) is 2.77. The molecule has 0 amide bonds. The van der Waals surface area contributed by atoms with Gasteiger partial charge in [0.15, 0.2) is 0 Å². The molecule has 0 saturated heterocycles. The van der Waals surface area contributed by atoms with Gasteiger partial charge in [-0.2, -0.15) is 0 Å². The van der Waals surface area contributed by atoms with Gasteiger partial charge in [-0.1, -0.05) is 18.7 Å². The van der Waals surface area contributed by atoms with Gasteiger partial charge in [-0.15, -0.1) is 6.58 Å². The van der Waals surface area contributed by atoms with E-state index in [1.807, 2.05) is 18.2 Å². The summed E-state index contributed by atoms with van der Waals surface area (Å²) in [4.78, 5) is 4.25. The molecule has 1 aromatic heterocycles. The molecule has 62 valence electrons. The first kappa shape index (κ1) is 8.68. The number of nitrogens with two attached hydrogens (primary N) is 1. The van der Waals surface area contributed by atoms with Crippen LogP contribution >= 0.6 is 0 Å². The average Bonchev–Trinajstić information content (AvgIpc) is 2.17. The molecule has 1 heterocycles. The van der Waals surface area contributed by atoms with Crippen molar-refractivity contribution >= 4 is 6.08 Å². The molecule has 0 bridgehead atoms. The highest BCUT2D eigenvalue weighted by Crippen LogP contribution is 2.08. The number of rotatable bonds is 3. The summed E-state index contributed by atoms with van der Waals surface area (Å²) in [6, 6.07) is 5.47. The summed E-state index contributed by atoms with van der Waals surface area (Å²) < 4.78 is 0. The fourth-order valence-electron chi connectivity index (χ4n) is 0.889. The van der Waals surface area contributed by atoms with Gasteiger partial charge in [-0.05, 0) is 18.2 Å². The number of nitrogens with zero attached hydrogens (tertiary/aromatic N) is 1. The van der Waals surface area contributed by atoms with E-state index in [4.69, 9.17) is 5.73 Å². The van der Waals surface area contributed by atoms with E-state index in [0.717, 1.165) is 11.4 Å². The minimum Gasteiger partial charge on any atom is -0.319 e. The van der Waals surface area contributed by atoms with Crippen LogP contribution < -0.4 is 5.73 Å². The first-order chi connectivity index (χ1) is 5.77. The molecule has 2 nitrogen and oxygen atoms in total. The van der Waals surface area contributed by atoms with Gasteiger partial charge in [0.2, 0.25) is 0 Å². The molecule has 12 heavy (non-hydrogen) atoms. The predicted octanol–water partition coefficient (Wildman–Crippen LogP) is 1.91. The first-order valence-corrected chi connectivity index (χ1v) is 3.75. The van der Waals surface area contributed by atoms with E-state index in [1.165, 1.54) is 0 Å². The quantitative estimate of drug-likeness (QED) is 0.686. The van der Waals surface area contributed by atoms with Gasteiger partial charge in [-0.25, -0.2) is 0 Å². The maximum atomic E-state index is 5.70. The molecule has 2 N–H and O–H groups in total. The Labute approximate surface area is 72.4 Å². The topological polar surface area (TPSA) is 38.9 Å². The summed E-state index contributed by atoms with van der Waals surface area (Å²) >= 11 is 0. The van der Waals surface area contributed by atoms with E-state index in [0.29, 0.717) is 0 Å². The van der Waals surface area contributed by atoms with Gasteiger partial charge in [0.05, 0.1) is 17.4 Å². The highest BCUT2D eigenvalue weighted by atomic mass is 14.8. The summed E-state index contributed by atoms with van der Waals surface area (Å²) in [7, 11) is 0. The lowest BCUT2D eigenvalue weighted by Crippen LogP contribution is -2.08. The van der Waals surface area contributed by atoms with Gasteiger partial charge in [-0.3, -0.25) is 4.98 Å². The molecule has 0 unspecified atom stereocenters. The Bertz CT molecular complexity index is 292. The minimum atomic E-state index is -0.190. The van der Waals surface area contributed by atoms with Crippen LogP contribution in [0.2, 0.25) is 0 Å². The van der Waals surface area contributed by atoms with Crippen LogP contribution in [-0.4, -0.2) is 4.98 Å². The van der Waals surface area contributed by atoms with Crippen molar-refractivity contribution < 1.29 is 0 Å². The fourth-order valence-corrected chi connectivity index (χ4v) is 0.889. The van der Waals surface area contributed by atoms with E-state index in [1.54, 1.807) is 12.2 Å². The summed E-state index contributed by atoms with van der Waals surface area (Å²) in [6.07, 6.45) is 3.36. The highest BCUT2D eigenvalue weighted by molar-refractivity contribution is 5.41. The molecule has 0 radical (unpaired) electrons. The third-order valence-corrected chi connectivity index (χ3v) is 1.60. The average molecular weight is 160 g/mol. The molecule has 0 aromatic carbocycles. The Balaban J connectivity index is 3.00. The molecule has 0 aliphatic heterocycles. The molecular formula is C10H12N2. The third-order valence-electron chi connectivity index (χ3n) is 1.60. The monoisotopic (exact) mass is 160 g/mol. The number of pyridine rings is 1. The zero-order valence-electron chi connectivity index (χ0n) is 6.90. The maximum Gasteiger partial charge on any atom is 0.0653 e. The van der Waals surface area contributed by atoms with Crippen LogP contribution in [0.4, 0.5) is 0 Å². The molecule has 0 spiro atoms. The highest BCUT2D eigenvalue weighted by Gasteiger charge is 2.01. The van der Waals surface area contributed by atoms with Crippen molar-refractivity contribution in [2.24, 2.45) is 5.73 Å². The molecular weight excluding hydrogens is 148 g/mol. The summed E-state index contributed by atoms with van der Waals surface area (Å²) in [5.74, 6) is 0. The van der Waals surface area contributed by atoms with E-state index >= 15 is 0 Å². The number of aromatic nitrogens is 1. The zero-order valence-corrected chi connectivity index (χ0v) is 6.90. The van der Waals surface area contributed by atoms with Crippen molar-refractivity contribution in [2.75, 3.05) is 0 Å². The molecule has 0 fully saturated rings. The second-order valence-corrected chi connectivity index (χ2v) is 2.45. The van der Waals surface area contributed by atoms with Crippen LogP contribution in [0.5, 0.6) is 0 Å². The second kappa shape index (κ2) is 3.83. The maximum absolute atomic E-state index is 5.70. The van der Waals surface area contributed by atoms with E-state index < -0.39 is 0 Å². The molecule has 0 aliphatic rings. The van der Waals surface area contributed by atoms with Crippen LogP contribution in [0.1, 0.15) is 17.4 Å². The van der Waals surface area contributed by atoms with Crippen molar-refractivity contribution in [3.63, 3.8) is 0 Å². The Morgan fingerprint density at radius 1 is 1.42 bits per heavy atom. The van der Waals surface area contributed by atoms with Crippen molar-refractivity contribution in [1.82, 2.24) is 4.98 Å². The smallest absolute Gasteiger partial charge is 0.0653 e. The standard InChI is InChI=1S/C10H12N2/c1-3-8-6-5-7-10(12-8)9(11)4-2/h3-7,9H,1-2,11H2/t9-/m0/s1. The zero-order chi connectivity index (χ0) is 8.97. The molecule has 1 aromatic rings.